The van der Waals surface area contributed by atoms with Crippen LogP contribution in [0.15, 0.2) is 55.1 Å². The molecular weight excluding hydrogens is 378 g/mol. The van der Waals surface area contributed by atoms with Crippen molar-refractivity contribution in [3.05, 3.63) is 72.3 Å². The highest BCUT2D eigenvalue weighted by Crippen LogP contribution is 2.21. The second kappa shape index (κ2) is 8.17. The summed E-state index contributed by atoms with van der Waals surface area (Å²) in [6.07, 6.45) is 6.44. The van der Waals surface area contributed by atoms with Crippen LogP contribution in [0.5, 0.6) is 0 Å². The van der Waals surface area contributed by atoms with Crippen LogP contribution < -0.4 is 15.1 Å². The number of para-hydroxylation sites is 1. The lowest BCUT2D eigenvalue weighted by Gasteiger charge is -2.35. The summed E-state index contributed by atoms with van der Waals surface area (Å²) < 4.78 is 27.6. The molecule has 2 aromatic heterocycles. The minimum absolute atomic E-state index is 0.221. The van der Waals surface area contributed by atoms with E-state index >= 15 is 0 Å². The number of halogens is 2. The number of carbonyl (C=O) groups is 1. The minimum atomic E-state index is -0.832. The lowest BCUT2D eigenvalue weighted by atomic mass is 10.2. The molecule has 1 aromatic carbocycles. The van der Waals surface area contributed by atoms with Crippen LogP contribution >= 0.6 is 0 Å². The molecular formula is C20H18F2N6O. The maximum Gasteiger partial charge on any atom is 0.257 e. The molecule has 0 aliphatic carbocycles. The van der Waals surface area contributed by atoms with E-state index in [9.17, 15) is 13.6 Å². The molecule has 1 amide bonds. The molecule has 148 valence electrons. The summed E-state index contributed by atoms with van der Waals surface area (Å²) in [5.41, 5.74) is 0.513. The topological polar surface area (TPSA) is 74.2 Å². The largest absolute Gasteiger partial charge is 0.367 e. The smallest absolute Gasteiger partial charge is 0.257 e. The van der Waals surface area contributed by atoms with E-state index in [-0.39, 0.29) is 5.56 Å². The molecule has 0 radical (unpaired) electrons. The second-order valence-electron chi connectivity index (χ2n) is 6.51. The third-order valence-corrected chi connectivity index (χ3v) is 4.67. The second-order valence-corrected chi connectivity index (χ2v) is 6.51. The van der Waals surface area contributed by atoms with Gasteiger partial charge in [-0.05, 0) is 24.3 Å². The lowest BCUT2D eigenvalue weighted by Crippen LogP contribution is -2.47. The van der Waals surface area contributed by atoms with Crippen LogP contribution in [0.3, 0.4) is 0 Å². The highest BCUT2D eigenvalue weighted by Gasteiger charge is 2.20. The van der Waals surface area contributed by atoms with Crippen molar-refractivity contribution in [3.8, 4) is 0 Å². The Bertz CT molecular complexity index is 989. The van der Waals surface area contributed by atoms with Gasteiger partial charge in [0.15, 0.2) is 0 Å². The van der Waals surface area contributed by atoms with Crippen LogP contribution in [-0.4, -0.2) is 47.0 Å². The molecule has 1 aliphatic heterocycles. The zero-order chi connectivity index (χ0) is 20.2. The predicted octanol–water partition coefficient (Wildman–Crippen LogP) is 2.73. The van der Waals surface area contributed by atoms with Gasteiger partial charge in [0.25, 0.3) is 5.91 Å². The SMILES string of the molecule is O=C(Nc1c(F)cccc1F)c1cncc(N2CCN(c3ncccn3)CC2)c1. The Kier molecular flexibility index (Phi) is 5.28. The molecule has 0 spiro atoms. The normalized spacial score (nSPS) is 14.0. The van der Waals surface area contributed by atoms with Crippen LogP contribution in [-0.2, 0) is 0 Å². The summed E-state index contributed by atoms with van der Waals surface area (Å²) in [5, 5.41) is 2.28. The molecule has 1 saturated heterocycles. The predicted molar refractivity (Wildman–Crippen MR) is 105 cm³/mol. The highest BCUT2D eigenvalue weighted by atomic mass is 19.1. The Labute approximate surface area is 166 Å². The summed E-state index contributed by atoms with van der Waals surface area (Å²) in [4.78, 5) is 29.3. The summed E-state index contributed by atoms with van der Waals surface area (Å²) in [5.74, 6) is -1.60. The Hall–Kier alpha value is -3.62. The standard InChI is InChI=1S/C20H18F2N6O/c21-16-3-1-4-17(22)18(16)26-19(29)14-11-15(13-23-12-14)27-7-9-28(10-8-27)20-24-5-2-6-25-20/h1-6,11-13H,7-10H2,(H,26,29). The Morgan fingerprint density at radius 3 is 2.28 bits per heavy atom. The van der Waals surface area contributed by atoms with E-state index in [1.54, 1.807) is 30.7 Å². The molecule has 1 fully saturated rings. The maximum atomic E-state index is 13.8. The lowest BCUT2D eigenvalue weighted by molar-refractivity contribution is 0.102. The Morgan fingerprint density at radius 2 is 1.59 bits per heavy atom. The molecule has 29 heavy (non-hydrogen) atoms. The van der Waals surface area contributed by atoms with E-state index in [4.69, 9.17) is 0 Å². The van der Waals surface area contributed by atoms with Crippen LogP contribution in [0.4, 0.5) is 26.1 Å². The molecule has 3 aromatic rings. The van der Waals surface area contributed by atoms with E-state index < -0.39 is 23.2 Å². The molecule has 0 atom stereocenters. The summed E-state index contributed by atoms with van der Waals surface area (Å²) in [6.45, 7) is 2.85. The van der Waals surface area contributed by atoms with Crippen molar-refractivity contribution in [1.29, 1.82) is 0 Å². The van der Waals surface area contributed by atoms with Crippen LogP contribution in [0.1, 0.15) is 10.4 Å². The van der Waals surface area contributed by atoms with Gasteiger partial charge < -0.3 is 15.1 Å². The number of hydrogen-bond donors (Lipinski definition) is 1. The van der Waals surface area contributed by atoms with E-state index in [2.05, 4.69) is 30.1 Å². The number of nitrogens with zero attached hydrogens (tertiary/aromatic N) is 5. The molecule has 3 heterocycles. The number of benzene rings is 1. The fourth-order valence-electron chi connectivity index (χ4n) is 3.15. The van der Waals surface area contributed by atoms with Gasteiger partial charge in [0.1, 0.15) is 17.3 Å². The molecule has 1 N–H and O–H groups in total. The third-order valence-electron chi connectivity index (χ3n) is 4.67. The zero-order valence-electron chi connectivity index (χ0n) is 15.4. The Balaban J connectivity index is 1.44. The number of amides is 1. The van der Waals surface area contributed by atoms with Gasteiger partial charge in [0, 0.05) is 44.8 Å². The zero-order valence-corrected chi connectivity index (χ0v) is 15.4. The van der Waals surface area contributed by atoms with Crippen LogP contribution in [0.25, 0.3) is 0 Å². The average molecular weight is 396 g/mol. The van der Waals surface area contributed by atoms with Gasteiger partial charge in [-0.1, -0.05) is 6.07 Å². The fraction of sp³-hybridized carbons (Fsp3) is 0.200. The van der Waals surface area contributed by atoms with Crippen molar-refractivity contribution in [2.75, 3.05) is 41.3 Å². The number of rotatable bonds is 4. The number of hydrogen-bond acceptors (Lipinski definition) is 6. The van der Waals surface area contributed by atoms with Crippen molar-refractivity contribution in [2.24, 2.45) is 0 Å². The summed E-state index contributed by atoms with van der Waals surface area (Å²) in [6, 6.07) is 6.85. The van der Waals surface area contributed by atoms with Gasteiger partial charge in [-0.15, -0.1) is 0 Å². The van der Waals surface area contributed by atoms with E-state index in [1.807, 2.05) is 0 Å². The average Bonchev–Trinajstić information content (AvgIpc) is 2.77. The first-order valence-electron chi connectivity index (χ1n) is 9.09. The molecule has 9 heteroatoms. The van der Waals surface area contributed by atoms with Gasteiger partial charge >= 0.3 is 0 Å². The number of pyridine rings is 1. The molecule has 1 aliphatic rings. The van der Waals surface area contributed by atoms with E-state index in [1.165, 1.54) is 12.3 Å². The number of aromatic nitrogens is 3. The quantitative estimate of drug-likeness (QED) is 0.731. The van der Waals surface area contributed by atoms with Crippen molar-refractivity contribution < 1.29 is 13.6 Å². The monoisotopic (exact) mass is 396 g/mol. The first-order valence-corrected chi connectivity index (χ1v) is 9.09. The van der Waals surface area contributed by atoms with Gasteiger partial charge in [-0.25, -0.2) is 18.7 Å². The molecule has 7 nitrogen and oxygen atoms in total. The molecule has 0 bridgehead atoms. The minimum Gasteiger partial charge on any atom is -0.367 e. The van der Waals surface area contributed by atoms with Gasteiger partial charge in [-0.2, -0.15) is 0 Å². The van der Waals surface area contributed by atoms with Crippen molar-refractivity contribution in [1.82, 2.24) is 15.0 Å². The van der Waals surface area contributed by atoms with Crippen molar-refractivity contribution in [2.45, 2.75) is 0 Å². The first-order chi connectivity index (χ1) is 14.1. The maximum absolute atomic E-state index is 13.8. The summed E-state index contributed by atoms with van der Waals surface area (Å²) in [7, 11) is 0. The number of carbonyl (C=O) groups excluding carboxylic acids is 1. The number of anilines is 3. The molecule has 0 saturated carbocycles. The first kappa shape index (κ1) is 18.7. The molecule has 4 rings (SSSR count). The van der Waals surface area contributed by atoms with E-state index in [0.29, 0.717) is 19.0 Å². The van der Waals surface area contributed by atoms with Gasteiger partial charge in [0.2, 0.25) is 5.95 Å². The van der Waals surface area contributed by atoms with Gasteiger partial charge in [-0.3, -0.25) is 9.78 Å². The van der Waals surface area contributed by atoms with Crippen LogP contribution in [0, 0.1) is 11.6 Å². The van der Waals surface area contributed by atoms with Gasteiger partial charge in [0.05, 0.1) is 17.4 Å². The van der Waals surface area contributed by atoms with E-state index in [0.717, 1.165) is 30.9 Å². The Morgan fingerprint density at radius 1 is 0.931 bits per heavy atom. The highest BCUT2D eigenvalue weighted by molar-refractivity contribution is 6.04. The van der Waals surface area contributed by atoms with Crippen molar-refractivity contribution >= 4 is 23.2 Å². The van der Waals surface area contributed by atoms with Crippen LogP contribution in [0.2, 0.25) is 0 Å². The van der Waals surface area contributed by atoms with Crippen molar-refractivity contribution in [3.63, 3.8) is 0 Å². The number of piperazine rings is 1. The summed E-state index contributed by atoms with van der Waals surface area (Å²) >= 11 is 0. The molecule has 0 unspecified atom stereocenters. The number of nitrogens with one attached hydrogen (secondary N) is 1. The fourth-order valence-corrected chi connectivity index (χ4v) is 3.15. The third kappa shape index (κ3) is 4.13.